The van der Waals surface area contributed by atoms with Gasteiger partial charge in [0.25, 0.3) is 0 Å². The van der Waals surface area contributed by atoms with Crippen molar-refractivity contribution in [3.8, 4) is 0 Å². The van der Waals surface area contributed by atoms with Gasteiger partial charge in [0.05, 0.1) is 6.54 Å². The van der Waals surface area contributed by atoms with Gasteiger partial charge in [0.2, 0.25) is 0 Å². The van der Waals surface area contributed by atoms with E-state index in [1.54, 1.807) is 13.0 Å². The molecule has 7 heteroatoms. The van der Waals surface area contributed by atoms with Crippen molar-refractivity contribution in [1.82, 2.24) is 10.6 Å². The molecule has 0 fully saturated rings. The van der Waals surface area contributed by atoms with Crippen molar-refractivity contribution < 1.29 is 9.52 Å². The third-order valence-electron chi connectivity index (χ3n) is 3.23. The first kappa shape index (κ1) is 22.6. The summed E-state index contributed by atoms with van der Waals surface area (Å²) in [5, 5.41) is 17.0. The Morgan fingerprint density at radius 1 is 1.35 bits per heavy atom. The van der Waals surface area contributed by atoms with E-state index in [1.165, 1.54) is 12.2 Å². The maximum absolute atomic E-state index is 10.5. The van der Waals surface area contributed by atoms with Crippen LogP contribution in [0.25, 0.3) is 0 Å². The average Bonchev–Trinajstić information content (AvgIpc) is 2.92. The lowest BCUT2D eigenvalue weighted by Gasteiger charge is -2.19. The van der Waals surface area contributed by atoms with Crippen molar-refractivity contribution in [3.63, 3.8) is 0 Å². The molecule has 1 aromatic rings. The highest BCUT2D eigenvalue weighted by Crippen LogP contribution is 2.22. The van der Waals surface area contributed by atoms with Gasteiger partial charge in [-0.15, -0.1) is 24.0 Å². The second-order valence-electron chi connectivity index (χ2n) is 5.51. The van der Waals surface area contributed by atoms with E-state index in [0.29, 0.717) is 5.76 Å². The molecule has 0 spiro atoms. The van der Waals surface area contributed by atoms with Crippen LogP contribution < -0.4 is 10.6 Å². The van der Waals surface area contributed by atoms with Gasteiger partial charge in [-0.25, -0.2) is 4.99 Å². The zero-order chi connectivity index (χ0) is 16.4. The van der Waals surface area contributed by atoms with Crippen molar-refractivity contribution >= 4 is 41.7 Å². The normalized spacial score (nSPS) is 14.0. The van der Waals surface area contributed by atoms with E-state index in [-0.39, 0.29) is 30.5 Å². The molecular weight excluding hydrogens is 425 g/mol. The molecule has 0 saturated heterocycles. The van der Waals surface area contributed by atoms with Crippen LogP contribution in [0, 0.1) is 6.92 Å². The highest BCUT2D eigenvalue weighted by Gasteiger charge is 2.26. The Balaban J connectivity index is 0.00000484. The fourth-order valence-electron chi connectivity index (χ4n) is 1.95. The standard InChI is InChI=1S/C16H29N3O2S.HI/c1-5-17-15(18-10-6-7-11-22-4)19-12-16(3,20)14-9-8-13(2)21-14;/h8-9,20H,5-7,10-12H2,1-4H3,(H2,17,18,19);1H. The van der Waals surface area contributed by atoms with Crippen molar-refractivity contribution in [3.05, 3.63) is 23.7 Å². The molecule has 0 aliphatic heterocycles. The predicted molar refractivity (Wildman–Crippen MR) is 110 cm³/mol. The molecule has 23 heavy (non-hydrogen) atoms. The highest BCUT2D eigenvalue weighted by atomic mass is 127. The molecular formula is C16H30IN3O2S. The fraction of sp³-hybridized carbons (Fsp3) is 0.688. The number of hydrogen-bond acceptors (Lipinski definition) is 4. The van der Waals surface area contributed by atoms with E-state index in [2.05, 4.69) is 21.9 Å². The third kappa shape index (κ3) is 8.85. The minimum Gasteiger partial charge on any atom is -0.463 e. The number of nitrogens with zero attached hydrogens (tertiary/aromatic N) is 1. The lowest BCUT2D eigenvalue weighted by Crippen LogP contribution is -2.39. The topological polar surface area (TPSA) is 69.8 Å². The van der Waals surface area contributed by atoms with Gasteiger partial charge in [-0.2, -0.15) is 11.8 Å². The number of furan rings is 1. The number of aliphatic hydroxyl groups is 1. The van der Waals surface area contributed by atoms with Gasteiger partial charge in [0.15, 0.2) is 5.96 Å². The number of aliphatic imine (C=N–C) groups is 1. The lowest BCUT2D eigenvalue weighted by atomic mass is 10.0. The predicted octanol–water partition coefficient (Wildman–Crippen LogP) is 3.11. The number of guanidine groups is 1. The van der Waals surface area contributed by atoms with E-state index < -0.39 is 5.60 Å². The first-order valence-corrected chi connectivity index (χ1v) is 9.19. The smallest absolute Gasteiger partial charge is 0.191 e. The quantitative estimate of drug-likeness (QED) is 0.231. The summed E-state index contributed by atoms with van der Waals surface area (Å²) in [5.41, 5.74) is -1.10. The number of hydrogen-bond donors (Lipinski definition) is 3. The second kappa shape index (κ2) is 12.0. The molecule has 1 heterocycles. The molecule has 134 valence electrons. The van der Waals surface area contributed by atoms with Crippen LogP contribution in [0.5, 0.6) is 0 Å². The number of thioether (sulfide) groups is 1. The number of aryl methyl sites for hydroxylation is 1. The zero-order valence-electron chi connectivity index (χ0n) is 14.5. The Kier molecular flexibility index (Phi) is 11.8. The molecule has 5 nitrogen and oxygen atoms in total. The van der Waals surface area contributed by atoms with Gasteiger partial charge in [0.1, 0.15) is 17.1 Å². The Labute approximate surface area is 161 Å². The van der Waals surface area contributed by atoms with Crippen molar-refractivity contribution in [2.24, 2.45) is 4.99 Å². The molecule has 0 aliphatic carbocycles. The second-order valence-corrected chi connectivity index (χ2v) is 6.49. The van der Waals surface area contributed by atoms with Gasteiger partial charge in [0, 0.05) is 13.1 Å². The van der Waals surface area contributed by atoms with Crippen LogP contribution in [0.1, 0.15) is 38.2 Å². The minimum absolute atomic E-state index is 0. The van der Waals surface area contributed by atoms with E-state index >= 15 is 0 Å². The van der Waals surface area contributed by atoms with Crippen molar-refractivity contribution in [2.75, 3.05) is 31.6 Å². The number of halogens is 1. The average molecular weight is 455 g/mol. The third-order valence-corrected chi connectivity index (χ3v) is 3.93. The van der Waals surface area contributed by atoms with Gasteiger partial charge in [-0.05, 0) is 57.8 Å². The van der Waals surface area contributed by atoms with Crippen LogP contribution in [0.2, 0.25) is 0 Å². The van der Waals surface area contributed by atoms with Crippen LogP contribution in [-0.2, 0) is 5.60 Å². The van der Waals surface area contributed by atoms with Gasteiger partial charge in [-0.3, -0.25) is 0 Å². The highest BCUT2D eigenvalue weighted by molar-refractivity contribution is 14.0. The molecule has 0 amide bonds. The number of unbranched alkanes of at least 4 members (excludes halogenated alkanes) is 1. The lowest BCUT2D eigenvalue weighted by molar-refractivity contribution is 0.0428. The number of nitrogens with one attached hydrogen (secondary N) is 2. The Bertz CT molecular complexity index is 464. The van der Waals surface area contributed by atoms with Crippen LogP contribution in [-0.4, -0.2) is 42.7 Å². The molecule has 1 atom stereocenters. The monoisotopic (exact) mass is 455 g/mol. The SMILES string of the molecule is CCNC(=NCC(C)(O)c1ccc(C)o1)NCCCCSC.I. The minimum atomic E-state index is -1.10. The van der Waals surface area contributed by atoms with Crippen LogP contribution in [0.15, 0.2) is 21.5 Å². The summed E-state index contributed by atoms with van der Waals surface area (Å²) in [7, 11) is 0. The molecule has 1 rings (SSSR count). The Morgan fingerprint density at radius 3 is 2.65 bits per heavy atom. The summed E-state index contributed by atoms with van der Waals surface area (Å²) in [6.45, 7) is 7.53. The van der Waals surface area contributed by atoms with Gasteiger partial charge >= 0.3 is 0 Å². The summed E-state index contributed by atoms with van der Waals surface area (Å²) in [6, 6.07) is 3.65. The first-order valence-electron chi connectivity index (χ1n) is 7.80. The van der Waals surface area contributed by atoms with Crippen LogP contribution >= 0.6 is 35.7 Å². The van der Waals surface area contributed by atoms with E-state index in [1.807, 2.05) is 31.7 Å². The molecule has 0 aromatic carbocycles. The number of rotatable bonds is 9. The Morgan fingerprint density at radius 2 is 2.09 bits per heavy atom. The maximum atomic E-state index is 10.5. The first-order chi connectivity index (χ1) is 10.5. The summed E-state index contributed by atoms with van der Waals surface area (Å²) >= 11 is 1.87. The van der Waals surface area contributed by atoms with Crippen LogP contribution in [0.3, 0.4) is 0 Å². The van der Waals surface area contributed by atoms with Crippen LogP contribution in [0.4, 0.5) is 0 Å². The van der Waals surface area contributed by atoms with E-state index in [4.69, 9.17) is 4.42 Å². The van der Waals surface area contributed by atoms with Crippen molar-refractivity contribution in [2.45, 2.75) is 39.2 Å². The fourth-order valence-corrected chi connectivity index (χ4v) is 2.45. The molecule has 0 saturated carbocycles. The molecule has 0 aliphatic rings. The summed E-state index contributed by atoms with van der Waals surface area (Å²) in [5.74, 6) is 3.25. The largest absolute Gasteiger partial charge is 0.463 e. The van der Waals surface area contributed by atoms with Crippen molar-refractivity contribution in [1.29, 1.82) is 0 Å². The molecule has 3 N–H and O–H groups in total. The zero-order valence-corrected chi connectivity index (χ0v) is 17.7. The molecule has 1 unspecified atom stereocenters. The summed E-state index contributed by atoms with van der Waals surface area (Å²) < 4.78 is 5.50. The van der Waals surface area contributed by atoms with Gasteiger partial charge < -0.3 is 20.2 Å². The summed E-state index contributed by atoms with van der Waals surface area (Å²) in [4.78, 5) is 4.47. The summed E-state index contributed by atoms with van der Waals surface area (Å²) in [6.07, 6.45) is 4.42. The molecule has 1 aromatic heterocycles. The van der Waals surface area contributed by atoms with E-state index in [9.17, 15) is 5.11 Å². The molecule has 0 bridgehead atoms. The van der Waals surface area contributed by atoms with E-state index in [0.717, 1.165) is 31.2 Å². The Hall–Kier alpha value is -0.410. The maximum Gasteiger partial charge on any atom is 0.191 e. The van der Waals surface area contributed by atoms with Gasteiger partial charge in [-0.1, -0.05) is 0 Å². The molecule has 0 radical (unpaired) electrons.